The van der Waals surface area contributed by atoms with E-state index in [0.717, 1.165) is 0 Å². The number of imide groups is 1. The van der Waals surface area contributed by atoms with Crippen LogP contribution in [0, 0.1) is 0 Å². The van der Waals surface area contributed by atoms with Crippen molar-refractivity contribution in [3.8, 4) is 11.5 Å². The Morgan fingerprint density at radius 3 is 2.35 bits per heavy atom. The average molecular weight is 366 g/mol. The second-order valence-electron chi connectivity index (χ2n) is 6.54. The SMILES string of the molecule is CCOc1cc(C(=O)O[C@H](C)C(=O)NC(=O)NC(C)(C)C)ccc1OC. The molecule has 0 spiro atoms. The first-order chi connectivity index (χ1) is 12.1. The topological polar surface area (TPSA) is 103 Å². The van der Waals surface area contributed by atoms with Crippen molar-refractivity contribution in [2.45, 2.75) is 46.3 Å². The predicted molar refractivity (Wildman–Crippen MR) is 95.5 cm³/mol. The van der Waals surface area contributed by atoms with E-state index in [1.165, 1.54) is 26.2 Å². The molecular weight excluding hydrogens is 340 g/mol. The number of hydrogen-bond acceptors (Lipinski definition) is 6. The number of esters is 1. The highest BCUT2D eigenvalue weighted by Gasteiger charge is 2.23. The number of ether oxygens (including phenoxy) is 3. The van der Waals surface area contributed by atoms with Gasteiger partial charge in [0.05, 0.1) is 19.3 Å². The van der Waals surface area contributed by atoms with E-state index >= 15 is 0 Å². The number of carbonyl (C=O) groups is 3. The van der Waals surface area contributed by atoms with E-state index in [-0.39, 0.29) is 5.56 Å². The van der Waals surface area contributed by atoms with Crippen LogP contribution in [0.25, 0.3) is 0 Å². The summed E-state index contributed by atoms with van der Waals surface area (Å²) in [6, 6.07) is 3.89. The quantitative estimate of drug-likeness (QED) is 0.749. The van der Waals surface area contributed by atoms with Crippen molar-refractivity contribution < 1.29 is 28.6 Å². The molecule has 1 aromatic carbocycles. The Labute approximate surface area is 153 Å². The smallest absolute Gasteiger partial charge is 0.339 e. The molecule has 0 heterocycles. The molecule has 144 valence electrons. The molecule has 0 saturated carbocycles. The van der Waals surface area contributed by atoms with Crippen LogP contribution in [0.3, 0.4) is 0 Å². The summed E-state index contributed by atoms with van der Waals surface area (Å²) in [5.74, 6) is -0.565. The number of methoxy groups -OCH3 is 1. The highest BCUT2D eigenvalue weighted by atomic mass is 16.5. The number of hydrogen-bond donors (Lipinski definition) is 2. The molecule has 1 atom stereocenters. The number of benzene rings is 1. The lowest BCUT2D eigenvalue weighted by Gasteiger charge is -2.21. The summed E-state index contributed by atoms with van der Waals surface area (Å²) in [6.07, 6.45) is -1.15. The molecule has 1 aromatic rings. The van der Waals surface area contributed by atoms with Crippen molar-refractivity contribution in [1.29, 1.82) is 0 Å². The van der Waals surface area contributed by atoms with Crippen molar-refractivity contribution >= 4 is 17.9 Å². The van der Waals surface area contributed by atoms with Gasteiger partial charge < -0.3 is 19.5 Å². The Bertz CT molecular complexity index is 666. The number of urea groups is 1. The summed E-state index contributed by atoms with van der Waals surface area (Å²) in [5, 5.41) is 4.71. The van der Waals surface area contributed by atoms with Crippen LogP contribution in [0.1, 0.15) is 45.0 Å². The summed E-state index contributed by atoms with van der Waals surface area (Å²) >= 11 is 0. The van der Waals surface area contributed by atoms with Crippen molar-refractivity contribution in [1.82, 2.24) is 10.6 Å². The Morgan fingerprint density at radius 1 is 1.15 bits per heavy atom. The second-order valence-corrected chi connectivity index (χ2v) is 6.54. The molecule has 26 heavy (non-hydrogen) atoms. The zero-order valence-electron chi connectivity index (χ0n) is 16.0. The summed E-state index contributed by atoms with van der Waals surface area (Å²) in [7, 11) is 1.49. The fraction of sp³-hybridized carbons (Fsp3) is 0.500. The van der Waals surface area contributed by atoms with Gasteiger partial charge >= 0.3 is 12.0 Å². The summed E-state index contributed by atoms with van der Waals surface area (Å²) in [4.78, 5) is 35.9. The van der Waals surface area contributed by atoms with E-state index < -0.39 is 29.6 Å². The van der Waals surface area contributed by atoms with Crippen LogP contribution < -0.4 is 20.1 Å². The minimum Gasteiger partial charge on any atom is -0.493 e. The van der Waals surface area contributed by atoms with E-state index in [2.05, 4.69) is 10.6 Å². The monoisotopic (exact) mass is 366 g/mol. The molecule has 0 bridgehead atoms. The van der Waals surface area contributed by atoms with Gasteiger partial charge in [-0.1, -0.05) is 0 Å². The van der Waals surface area contributed by atoms with Gasteiger partial charge in [0.15, 0.2) is 17.6 Å². The first kappa shape index (κ1) is 21.3. The normalized spacial score (nSPS) is 11.9. The van der Waals surface area contributed by atoms with Gasteiger partial charge in [-0.05, 0) is 52.8 Å². The standard InChI is InChI=1S/C18H26N2O6/c1-7-25-14-10-12(8-9-13(14)24-6)16(22)26-11(2)15(21)19-17(23)20-18(3,4)5/h8-11H,7H2,1-6H3,(H2,19,20,21,23)/t11-/m1/s1. The molecule has 8 heteroatoms. The lowest BCUT2D eigenvalue weighted by Crippen LogP contribution is -2.50. The van der Waals surface area contributed by atoms with Crippen LogP contribution >= 0.6 is 0 Å². The maximum Gasteiger partial charge on any atom is 0.339 e. The third-order valence-electron chi connectivity index (χ3n) is 3.08. The minimum absolute atomic E-state index is 0.202. The highest BCUT2D eigenvalue weighted by molar-refractivity contribution is 5.98. The van der Waals surface area contributed by atoms with E-state index in [1.54, 1.807) is 33.8 Å². The van der Waals surface area contributed by atoms with Gasteiger partial charge in [0, 0.05) is 5.54 Å². The molecule has 0 aliphatic heterocycles. The lowest BCUT2D eigenvalue weighted by molar-refractivity contribution is -0.127. The van der Waals surface area contributed by atoms with Crippen LogP contribution in [-0.4, -0.2) is 43.3 Å². The van der Waals surface area contributed by atoms with E-state index in [9.17, 15) is 14.4 Å². The van der Waals surface area contributed by atoms with Crippen molar-refractivity contribution in [3.63, 3.8) is 0 Å². The molecule has 3 amide bonds. The zero-order chi connectivity index (χ0) is 19.9. The molecular formula is C18H26N2O6. The summed E-state index contributed by atoms with van der Waals surface area (Å²) in [6.45, 7) is 8.92. The fourth-order valence-electron chi connectivity index (χ4n) is 1.94. The molecule has 0 radical (unpaired) electrons. The number of carbonyl (C=O) groups excluding carboxylic acids is 3. The van der Waals surface area contributed by atoms with Crippen LogP contribution in [0.4, 0.5) is 4.79 Å². The van der Waals surface area contributed by atoms with E-state index in [4.69, 9.17) is 14.2 Å². The Hall–Kier alpha value is -2.77. The largest absolute Gasteiger partial charge is 0.493 e. The number of amides is 3. The van der Waals surface area contributed by atoms with Crippen LogP contribution in [0.15, 0.2) is 18.2 Å². The molecule has 0 aromatic heterocycles. The van der Waals surface area contributed by atoms with Gasteiger partial charge in [0.2, 0.25) is 0 Å². The first-order valence-corrected chi connectivity index (χ1v) is 8.22. The number of rotatable bonds is 6. The molecule has 0 unspecified atom stereocenters. The fourth-order valence-corrected chi connectivity index (χ4v) is 1.94. The maximum atomic E-state index is 12.2. The van der Waals surface area contributed by atoms with Gasteiger partial charge in [-0.3, -0.25) is 10.1 Å². The third kappa shape index (κ3) is 6.62. The zero-order valence-corrected chi connectivity index (χ0v) is 16.0. The number of nitrogens with one attached hydrogen (secondary N) is 2. The Balaban J connectivity index is 2.73. The van der Waals surface area contributed by atoms with Gasteiger partial charge in [-0.25, -0.2) is 9.59 Å². The van der Waals surface area contributed by atoms with Gasteiger partial charge in [-0.15, -0.1) is 0 Å². The van der Waals surface area contributed by atoms with Crippen LogP contribution in [0.2, 0.25) is 0 Å². The molecule has 0 aliphatic carbocycles. The van der Waals surface area contributed by atoms with Crippen molar-refractivity contribution in [2.75, 3.05) is 13.7 Å². The Morgan fingerprint density at radius 2 is 1.81 bits per heavy atom. The second kappa shape index (κ2) is 9.07. The minimum atomic E-state index is -1.15. The highest BCUT2D eigenvalue weighted by Crippen LogP contribution is 2.28. The molecule has 8 nitrogen and oxygen atoms in total. The molecule has 1 rings (SSSR count). The van der Waals surface area contributed by atoms with Crippen LogP contribution in [0.5, 0.6) is 11.5 Å². The van der Waals surface area contributed by atoms with Gasteiger partial charge in [0.1, 0.15) is 0 Å². The first-order valence-electron chi connectivity index (χ1n) is 8.22. The molecule has 0 saturated heterocycles. The molecule has 0 fully saturated rings. The van der Waals surface area contributed by atoms with Crippen LogP contribution in [-0.2, 0) is 9.53 Å². The third-order valence-corrected chi connectivity index (χ3v) is 3.08. The summed E-state index contributed by atoms with van der Waals surface area (Å²) < 4.78 is 15.7. The van der Waals surface area contributed by atoms with Gasteiger partial charge in [-0.2, -0.15) is 0 Å². The predicted octanol–water partition coefficient (Wildman–Crippen LogP) is 2.26. The lowest BCUT2D eigenvalue weighted by atomic mass is 10.1. The van der Waals surface area contributed by atoms with Crippen molar-refractivity contribution in [3.05, 3.63) is 23.8 Å². The van der Waals surface area contributed by atoms with E-state index in [0.29, 0.717) is 18.1 Å². The maximum absolute atomic E-state index is 12.2. The van der Waals surface area contributed by atoms with E-state index in [1.807, 2.05) is 0 Å². The van der Waals surface area contributed by atoms with Gasteiger partial charge in [0.25, 0.3) is 5.91 Å². The molecule has 0 aliphatic rings. The summed E-state index contributed by atoms with van der Waals surface area (Å²) in [5.41, 5.74) is -0.295. The average Bonchev–Trinajstić information content (AvgIpc) is 2.53. The Kier molecular flexibility index (Phi) is 7.42. The van der Waals surface area contributed by atoms with Crippen molar-refractivity contribution in [2.24, 2.45) is 0 Å². The molecule has 2 N–H and O–H groups in total.